The van der Waals surface area contributed by atoms with Gasteiger partial charge in [-0.05, 0) is 53.9 Å². The van der Waals surface area contributed by atoms with Crippen LogP contribution in [0.15, 0.2) is 41.3 Å². The Balaban J connectivity index is 1.98. The van der Waals surface area contributed by atoms with Crippen molar-refractivity contribution in [3.8, 4) is 0 Å². The maximum Gasteiger partial charge on any atom is 0.178 e. The van der Waals surface area contributed by atoms with Gasteiger partial charge < -0.3 is 4.90 Å². The monoisotopic (exact) mass is 411 g/mol. The summed E-state index contributed by atoms with van der Waals surface area (Å²) in [5.41, 5.74) is 3.28. The second-order valence-corrected chi connectivity index (χ2v) is 10.3. The first kappa shape index (κ1) is 19.7. The lowest BCUT2D eigenvalue weighted by Crippen LogP contribution is -2.31. The lowest BCUT2D eigenvalue weighted by molar-refractivity contribution is 0.295. The molecule has 1 unspecified atom stereocenters. The second kappa shape index (κ2) is 7.51. The predicted octanol–water partition coefficient (Wildman–Crippen LogP) is 5.00. The number of hydrogen-bond acceptors (Lipinski definition) is 3. The minimum Gasteiger partial charge on any atom is -0.301 e. The van der Waals surface area contributed by atoms with Crippen molar-refractivity contribution in [1.29, 1.82) is 0 Å². The molecule has 1 atom stereocenters. The van der Waals surface area contributed by atoms with Gasteiger partial charge in [0.25, 0.3) is 0 Å². The van der Waals surface area contributed by atoms with Gasteiger partial charge in [-0.3, -0.25) is 0 Å². The molecule has 0 bridgehead atoms. The highest BCUT2D eigenvalue weighted by atomic mass is 35.5. The first-order valence-corrected chi connectivity index (χ1v) is 11.1. The third-order valence-electron chi connectivity index (χ3n) is 4.69. The number of nitrogens with zero attached hydrogens (tertiary/aromatic N) is 1. The van der Waals surface area contributed by atoms with Gasteiger partial charge in [-0.2, -0.15) is 0 Å². The zero-order valence-corrected chi connectivity index (χ0v) is 17.5. The summed E-state index contributed by atoms with van der Waals surface area (Å²) in [5.74, 6) is 0.372. The van der Waals surface area contributed by atoms with E-state index in [0.29, 0.717) is 14.9 Å². The zero-order chi connectivity index (χ0) is 19.1. The van der Waals surface area contributed by atoms with E-state index in [1.54, 1.807) is 18.2 Å². The SMILES string of the molecule is CC(C)CS(=O)(=O)c1ccc(C2CN(C)Cc3c(Cl)cc(Cl)cc32)cc1. The molecule has 0 aromatic heterocycles. The third kappa shape index (κ3) is 4.09. The maximum absolute atomic E-state index is 12.4. The molecule has 0 aliphatic carbocycles. The van der Waals surface area contributed by atoms with Gasteiger partial charge in [0.2, 0.25) is 0 Å². The van der Waals surface area contributed by atoms with Crippen LogP contribution in [-0.4, -0.2) is 32.7 Å². The molecule has 0 amide bonds. The number of halogens is 2. The predicted molar refractivity (Wildman–Crippen MR) is 108 cm³/mol. The van der Waals surface area contributed by atoms with Crippen LogP contribution in [0.2, 0.25) is 10.0 Å². The fourth-order valence-corrected chi connectivity index (χ4v) is 5.76. The first-order chi connectivity index (χ1) is 12.2. The molecule has 1 aliphatic heterocycles. The molecule has 1 aliphatic rings. The van der Waals surface area contributed by atoms with Crippen molar-refractivity contribution < 1.29 is 8.42 Å². The van der Waals surface area contributed by atoms with Crippen molar-refractivity contribution in [2.45, 2.75) is 31.2 Å². The van der Waals surface area contributed by atoms with Crippen molar-refractivity contribution in [2.75, 3.05) is 19.3 Å². The summed E-state index contributed by atoms with van der Waals surface area (Å²) >= 11 is 12.6. The summed E-state index contributed by atoms with van der Waals surface area (Å²) in [6, 6.07) is 11.0. The van der Waals surface area contributed by atoms with Gasteiger partial charge in [-0.1, -0.05) is 49.2 Å². The number of benzene rings is 2. The minimum absolute atomic E-state index is 0.0998. The van der Waals surface area contributed by atoms with Crippen LogP contribution in [0.3, 0.4) is 0 Å². The van der Waals surface area contributed by atoms with Gasteiger partial charge >= 0.3 is 0 Å². The molecule has 6 heteroatoms. The van der Waals surface area contributed by atoms with Crippen molar-refractivity contribution in [1.82, 2.24) is 4.90 Å². The summed E-state index contributed by atoms with van der Waals surface area (Å²) in [4.78, 5) is 2.60. The number of hydrogen-bond donors (Lipinski definition) is 0. The standard InChI is InChI=1S/C20H23Cl2NO2S/c1-13(2)12-26(24,25)16-6-4-14(5-7-16)18-10-23(3)11-19-17(18)8-15(21)9-20(19)22/h4-9,13,18H,10-12H2,1-3H3. The molecule has 0 saturated carbocycles. The Morgan fingerprint density at radius 1 is 1.15 bits per heavy atom. The van der Waals surface area contributed by atoms with Crippen LogP contribution in [0.4, 0.5) is 0 Å². The summed E-state index contributed by atoms with van der Waals surface area (Å²) in [7, 11) is -1.19. The van der Waals surface area contributed by atoms with Crippen molar-refractivity contribution in [2.24, 2.45) is 5.92 Å². The normalized spacial score (nSPS) is 18.2. The largest absolute Gasteiger partial charge is 0.301 e. The molecule has 3 rings (SSSR count). The van der Waals surface area contributed by atoms with Crippen molar-refractivity contribution >= 4 is 33.0 Å². The fourth-order valence-electron chi connectivity index (χ4n) is 3.57. The Morgan fingerprint density at radius 3 is 2.42 bits per heavy atom. The summed E-state index contributed by atoms with van der Waals surface area (Å²) in [6.07, 6.45) is 0. The molecule has 0 N–H and O–H groups in total. The second-order valence-electron chi connectivity index (χ2n) is 7.45. The van der Waals surface area contributed by atoms with E-state index in [0.717, 1.165) is 29.8 Å². The van der Waals surface area contributed by atoms with Crippen LogP contribution in [0.25, 0.3) is 0 Å². The number of sulfone groups is 1. The molecule has 140 valence electrons. The summed E-state index contributed by atoms with van der Waals surface area (Å²) in [6.45, 7) is 5.44. The number of fused-ring (bicyclic) bond motifs is 1. The lowest BCUT2D eigenvalue weighted by Gasteiger charge is -2.33. The Labute approximate surface area is 165 Å². The average molecular weight is 412 g/mol. The van der Waals surface area contributed by atoms with E-state index in [4.69, 9.17) is 23.2 Å². The van der Waals surface area contributed by atoms with Crippen LogP contribution in [-0.2, 0) is 16.4 Å². The molecule has 2 aromatic rings. The zero-order valence-electron chi connectivity index (χ0n) is 15.2. The van der Waals surface area contributed by atoms with Gasteiger partial charge in [0.15, 0.2) is 9.84 Å². The van der Waals surface area contributed by atoms with Gasteiger partial charge in [0.1, 0.15) is 0 Å². The first-order valence-electron chi connectivity index (χ1n) is 8.66. The van der Waals surface area contributed by atoms with Crippen LogP contribution in [0.1, 0.15) is 36.5 Å². The molecule has 0 saturated heterocycles. The molecular formula is C20H23Cl2NO2S. The quantitative estimate of drug-likeness (QED) is 0.709. The van der Waals surface area contributed by atoms with Gasteiger partial charge in [0.05, 0.1) is 10.6 Å². The van der Waals surface area contributed by atoms with Crippen molar-refractivity contribution in [3.63, 3.8) is 0 Å². The van der Waals surface area contributed by atoms with Gasteiger partial charge in [-0.25, -0.2) is 8.42 Å². The molecule has 1 heterocycles. The molecule has 2 aromatic carbocycles. The number of likely N-dealkylation sites (N-methyl/N-ethyl adjacent to an activating group) is 1. The fraction of sp³-hybridized carbons (Fsp3) is 0.400. The van der Waals surface area contributed by atoms with Gasteiger partial charge in [0, 0.05) is 29.1 Å². The molecular weight excluding hydrogens is 389 g/mol. The lowest BCUT2D eigenvalue weighted by atomic mass is 9.85. The van der Waals surface area contributed by atoms with Gasteiger partial charge in [-0.15, -0.1) is 0 Å². The molecule has 0 fully saturated rings. The topological polar surface area (TPSA) is 37.4 Å². The Morgan fingerprint density at radius 2 is 1.81 bits per heavy atom. The average Bonchev–Trinajstić information content (AvgIpc) is 2.54. The van der Waals surface area contributed by atoms with Crippen LogP contribution < -0.4 is 0 Å². The van der Waals surface area contributed by atoms with E-state index in [9.17, 15) is 8.42 Å². The van der Waals surface area contributed by atoms with E-state index in [1.807, 2.05) is 32.0 Å². The smallest absolute Gasteiger partial charge is 0.178 e. The summed E-state index contributed by atoms with van der Waals surface area (Å²) in [5, 5.41) is 1.31. The Hall–Kier alpha value is -1.07. The van der Waals surface area contributed by atoms with Crippen molar-refractivity contribution in [3.05, 3.63) is 63.1 Å². The highest BCUT2D eigenvalue weighted by Crippen LogP contribution is 2.38. The molecule has 0 radical (unpaired) electrons. The van der Waals surface area contributed by atoms with E-state index < -0.39 is 9.84 Å². The molecule has 0 spiro atoms. The van der Waals surface area contributed by atoms with E-state index >= 15 is 0 Å². The maximum atomic E-state index is 12.4. The molecule has 26 heavy (non-hydrogen) atoms. The highest BCUT2D eigenvalue weighted by molar-refractivity contribution is 7.91. The summed E-state index contributed by atoms with van der Waals surface area (Å²) < 4.78 is 24.9. The van der Waals surface area contributed by atoms with E-state index in [2.05, 4.69) is 11.9 Å². The van der Waals surface area contributed by atoms with Crippen LogP contribution in [0, 0.1) is 5.92 Å². The Bertz CT molecular complexity index is 908. The molecule has 3 nitrogen and oxygen atoms in total. The van der Waals surface area contributed by atoms with E-state index in [1.165, 1.54) is 0 Å². The highest BCUT2D eigenvalue weighted by Gasteiger charge is 2.27. The van der Waals surface area contributed by atoms with E-state index in [-0.39, 0.29) is 17.6 Å². The minimum atomic E-state index is -3.24. The van der Waals surface area contributed by atoms with Crippen LogP contribution in [0.5, 0.6) is 0 Å². The Kier molecular flexibility index (Phi) is 5.69. The third-order valence-corrected chi connectivity index (χ3v) is 7.34. The van der Waals surface area contributed by atoms with Crippen LogP contribution >= 0.6 is 23.2 Å². The number of rotatable bonds is 4.